The van der Waals surface area contributed by atoms with Crippen molar-refractivity contribution in [3.05, 3.63) is 57.6 Å². The Bertz CT molecular complexity index is 915. The molecule has 8 heteroatoms. The average molecular weight is 347 g/mol. The summed E-state index contributed by atoms with van der Waals surface area (Å²) < 4.78 is 19.2. The number of aryl methyl sites for hydroxylation is 2. The molecule has 124 valence electrons. The molecule has 0 bridgehead atoms. The molecule has 0 aliphatic carbocycles. The maximum atomic E-state index is 13.0. The van der Waals surface area contributed by atoms with Crippen LogP contribution in [0.25, 0.3) is 10.8 Å². The fourth-order valence-electron chi connectivity index (χ4n) is 2.13. The highest BCUT2D eigenvalue weighted by Crippen LogP contribution is 2.21. The van der Waals surface area contributed by atoms with Gasteiger partial charge in [0.15, 0.2) is 0 Å². The molecule has 3 rings (SSSR count). The molecule has 1 amide bonds. The molecule has 1 N–H and O–H groups in total. The summed E-state index contributed by atoms with van der Waals surface area (Å²) in [6.45, 7) is 1.80. The van der Waals surface area contributed by atoms with E-state index < -0.39 is 5.76 Å². The number of benzene rings is 1. The first-order valence-corrected chi connectivity index (χ1v) is 8.09. The van der Waals surface area contributed by atoms with E-state index >= 15 is 0 Å². The molecule has 0 unspecified atom stereocenters. The van der Waals surface area contributed by atoms with Gasteiger partial charge < -0.3 is 9.73 Å². The van der Waals surface area contributed by atoms with Crippen LogP contribution < -0.4 is 11.1 Å². The number of halogens is 1. The van der Waals surface area contributed by atoms with Gasteiger partial charge in [0.1, 0.15) is 5.82 Å². The third-order valence-corrected chi connectivity index (χ3v) is 4.21. The lowest BCUT2D eigenvalue weighted by Crippen LogP contribution is -2.21. The van der Waals surface area contributed by atoms with Gasteiger partial charge in [-0.25, -0.2) is 9.18 Å². The van der Waals surface area contributed by atoms with Gasteiger partial charge >= 0.3 is 5.76 Å². The number of thiophene rings is 1. The van der Waals surface area contributed by atoms with Crippen LogP contribution in [0.15, 0.2) is 44.9 Å². The zero-order chi connectivity index (χ0) is 17.1. The number of hydrogen-bond donors (Lipinski definition) is 1. The first kappa shape index (κ1) is 16.1. The quantitative estimate of drug-likeness (QED) is 0.769. The van der Waals surface area contributed by atoms with Crippen LogP contribution in [0.3, 0.4) is 0 Å². The molecule has 6 nitrogen and oxygen atoms in total. The molecule has 0 aliphatic heterocycles. The van der Waals surface area contributed by atoms with Crippen LogP contribution in [0.5, 0.6) is 0 Å². The predicted molar refractivity (Wildman–Crippen MR) is 88.5 cm³/mol. The fraction of sp³-hybridized carbons (Fsp3) is 0.188. The van der Waals surface area contributed by atoms with Gasteiger partial charge in [0.2, 0.25) is 5.91 Å². The second-order valence-electron chi connectivity index (χ2n) is 5.13. The minimum absolute atomic E-state index is 0.0487. The van der Waals surface area contributed by atoms with Crippen molar-refractivity contribution in [1.82, 2.24) is 9.78 Å². The predicted octanol–water partition coefficient (Wildman–Crippen LogP) is 3.04. The highest BCUT2D eigenvalue weighted by atomic mass is 32.1. The van der Waals surface area contributed by atoms with E-state index in [1.165, 1.54) is 29.5 Å². The lowest BCUT2D eigenvalue weighted by atomic mass is 10.2. The van der Waals surface area contributed by atoms with E-state index in [9.17, 15) is 14.0 Å². The molecule has 24 heavy (non-hydrogen) atoms. The number of carbonyl (C=O) groups excluding carboxylic acids is 1. The number of nitrogens with one attached hydrogen (secondary N) is 1. The molecule has 0 atom stereocenters. The highest BCUT2D eigenvalue weighted by molar-refractivity contribution is 7.13. The van der Waals surface area contributed by atoms with Crippen LogP contribution >= 0.6 is 11.3 Å². The van der Waals surface area contributed by atoms with Crippen LogP contribution in [-0.2, 0) is 11.3 Å². The van der Waals surface area contributed by atoms with Crippen molar-refractivity contribution in [3.8, 4) is 10.8 Å². The van der Waals surface area contributed by atoms with Gasteiger partial charge in [-0.05, 0) is 42.1 Å². The van der Waals surface area contributed by atoms with Crippen molar-refractivity contribution in [3.63, 3.8) is 0 Å². The molecule has 1 aromatic carbocycles. The van der Waals surface area contributed by atoms with Gasteiger partial charge in [0.05, 0.1) is 11.4 Å². The summed E-state index contributed by atoms with van der Waals surface area (Å²) in [6.07, 6.45) is 0.0487. The molecule has 0 radical (unpaired) electrons. The molecule has 3 aromatic rings. The van der Waals surface area contributed by atoms with Crippen LogP contribution in [-0.4, -0.2) is 15.7 Å². The lowest BCUT2D eigenvalue weighted by molar-refractivity contribution is -0.116. The van der Waals surface area contributed by atoms with E-state index in [-0.39, 0.29) is 30.6 Å². The average Bonchev–Trinajstić information content (AvgIpc) is 3.17. The molecule has 2 heterocycles. The molecular weight excluding hydrogens is 333 g/mol. The van der Waals surface area contributed by atoms with Gasteiger partial charge in [0, 0.05) is 12.1 Å². The smallest absolute Gasteiger partial charge is 0.387 e. The normalized spacial score (nSPS) is 10.8. The second kappa shape index (κ2) is 6.79. The van der Waals surface area contributed by atoms with E-state index in [4.69, 9.17) is 4.42 Å². The molecule has 0 aliphatic rings. The Morgan fingerprint density at radius 2 is 2.25 bits per heavy atom. The van der Waals surface area contributed by atoms with Crippen molar-refractivity contribution in [1.29, 1.82) is 0 Å². The summed E-state index contributed by atoms with van der Waals surface area (Å²) in [6, 6.07) is 7.74. The largest absolute Gasteiger partial charge is 0.437 e. The number of hydrogen-bond acceptors (Lipinski definition) is 5. The molecule has 0 saturated carbocycles. The molecule has 0 saturated heterocycles. The summed E-state index contributed by atoms with van der Waals surface area (Å²) in [5, 5.41) is 8.62. The summed E-state index contributed by atoms with van der Waals surface area (Å²) in [4.78, 5) is 24.5. The Hall–Kier alpha value is -2.74. The summed E-state index contributed by atoms with van der Waals surface area (Å²) >= 11 is 1.41. The standard InChI is InChI=1S/C16H14FN3O3S/c1-10-9-11(17)4-5-12(10)18-14(21)6-7-20-16(22)23-15(19-20)13-3-2-8-24-13/h2-5,8-9H,6-7H2,1H3,(H,18,21). The number of carbonyl (C=O) groups is 1. The Kier molecular flexibility index (Phi) is 4.57. The number of amides is 1. The van der Waals surface area contributed by atoms with E-state index in [0.717, 1.165) is 9.56 Å². The van der Waals surface area contributed by atoms with Gasteiger partial charge in [0.25, 0.3) is 5.89 Å². The van der Waals surface area contributed by atoms with Crippen LogP contribution in [0.4, 0.5) is 10.1 Å². The van der Waals surface area contributed by atoms with Gasteiger partial charge in [-0.15, -0.1) is 16.4 Å². The van der Waals surface area contributed by atoms with Crippen molar-refractivity contribution in [2.24, 2.45) is 0 Å². The Morgan fingerprint density at radius 1 is 1.42 bits per heavy atom. The molecule has 2 aromatic heterocycles. The van der Waals surface area contributed by atoms with Crippen LogP contribution in [0.2, 0.25) is 0 Å². The maximum Gasteiger partial charge on any atom is 0.437 e. The fourth-order valence-corrected chi connectivity index (χ4v) is 2.78. The number of aromatic nitrogens is 2. The Morgan fingerprint density at radius 3 is 2.96 bits per heavy atom. The Labute approximate surface area is 140 Å². The van der Waals surface area contributed by atoms with Crippen LogP contribution in [0.1, 0.15) is 12.0 Å². The van der Waals surface area contributed by atoms with E-state index in [2.05, 4.69) is 10.4 Å². The third kappa shape index (κ3) is 3.60. The van der Waals surface area contributed by atoms with Crippen molar-refractivity contribution in [2.75, 3.05) is 5.32 Å². The highest BCUT2D eigenvalue weighted by Gasteiger charge is 2.12. The number of nitrogens with zero attached hydrogens (tertiary/aromatic N) is 2. The second-order valence-corrected chi connectivity index (χ2v) is 6.08. The summed E-state index contributed by atoms with van der Waals surface area (Å²) in [5.41, 5.74) is 1.16. The maximum absolute atomic E-state index is 13.0. The minimum atomic E-state index is -0.607. The number of rotatable bonds is 5. The summed E-state index contributed by atoms with van der Waals surface area (Å²) in [7, 11) is 0. The van der Waals surface area contributed by atoms with Gasteiger partial charge in [-0.3, -0.25) is 4.79 Å². The molecule has 0 fully saturated rings. The zero-order valence-corrected chi connectivity index (χ0v) is 13.6. The Balaban J connectivity index is 1.63. The van der Waals surface area contributed by atoms with Gasteiger partial charge in [-0.2, -0.15) is 4.68 Å². The molecular formula is C16H14FN3O3S. The van der Waals surface area contributed by atoms with E-state index in [1.54, 1.807) is 13.0 Å². The first-order chi connectivity index (χ1) is 11.5. The van der Waals surface area contributed by atoms with E-state index in [1.807, 2.05) is 11.4 Å². The third-order valence-electron chi connectivity index (χ3n) is 3.35. The monoisotopic (exact) mass is 347 g/mol. The number of anilines is 1. The minimum Gasteiger partial charge on any atom is -0.387 e. The van der Waals surface area contributed by atoms with Crippen molar-refractivity contribution in [2.45, 2.75) is 19.9 Å². The zero-order valence-electron chi connectivity index (χ0n) is 12.8. The lowest BCUT2D eigenvalue weighted by Gasteiger charge is -2.08. The first-order valence-electron chi connectivity index (χ1n) is 7.21. The van der Waals surface area contributed by atoms with Crippen molar-refractivity contribution < 1.29 is 13.6 Å². The molecule has 0 spiro atoms. The van der Waals surface area contributed by atoms with E-state index in [0.29, 0.717) is 11.3 Å². The topological polar surface area (TPSA) is 77.1 Å². The van der Waals surface area contributed by atoms with Gasteiger partial charge in [-0.1, -0.05) is 6.07 Å². The summed E-state index contributed by atoms with van der Waals surface area (Å²) in [5.74, 6) is -1.02. The SMILES string of the molecule is Cc1cc(F)ccc1NC(=O)CCn1nc(-c2cccs2)oc1=O. The van der Waals surface area contributed by atoms with Crippen molar-refractivity contribution >= 4 is 22.9 Å². The van der Waals surface area contributed by atoms with Crippen LogP contribution in [0, 0.1) is 12.7 Å².